The summed E-state index contributed by atoms with van der Waals surface area (Å²) in [6, 6.07) is 13.8. The number of nitrogens with one attached hydrogen (secondary N) is 1. The number of aromatic nitrogens is 4. The number of carbonyl (C=O) groups excluding carboxylic acids is 1. The molecule has 1 N–H and O–H groups in total. The van der Waals surface area contributed by atoms with Gasteiger partial charge in [-0.2, -0.15) is 13.2 Å². The summed E-state index contributed by atoms with van der Waals surface area (Å²) >= 11 is 0. The number of rotatable bonds is 7. The number of aliphatic imine (C=N–C) groups is 1. The van der Waals surface area contributed by atoms with E-state index in [9.17, 15) is 18.0 Å². The molecule has 1 aromatic carbocycles. The molecule has 9 nitrogen and oxygen atoms in total. The molecule has 4 aromatic heterocycles. The SMILES string of the molecule is CN1CCN(CCOc2ccn3c(C(=O)N=C4C=CC(Cc5ccc(C(F)(F)F)cn5)c5[nH]c6ccccc6c54)cnc3c2)CC1. The van der Waals surface area contributed by atoms with Crippen LogP contribution in [-0.4, -0.2) is 87.1 Å². The second-order valence-corrected chi connectivity index (χ2v) is 11.7. The van der Waals surface area contributed by atoms with Crippen LogP contribution in [0.15, 0.2) is 84.3 Å². The molecule has 0 radical (unpaired) electrons. The van der Waals surface area contributed by atoms with E-state index < -0.39 is 17.6 Å². The summed E-state index contributed by atoms with van der Waals surface area (Å²) in [7, 11) is 2.13. The second-order valence-electron chi connectivity index (χ2n) is 11.7. The van der Waals surface area contributed by atoms with Crippen LogP contribution < -0.4 is 4.74 Å². The number of likely N-dealkylation sites (N-methyl/N-ethyl adjacent to an activating group) is 1. The molecular weight excluding hydrogens is 595 g/mol. The van der Waals surface area contributed by atoms with Crippen molar-refractivity contribution in [2.45, 2.75) is 18.5 Å². The van der Waals surface area contributed by atoms with Crippen molar-refractivity contribution in [3.8, 4) is 5.75 Å². The minimum Gasteiger partial charge on any atom is -0.492 e. The number of carbonyl (C=O) groups is 1. The maximum Gasteiger partial charge on any atom is 0.417 e. The molecule has 0 spiro atoms. The molecule has 12 heteroatoms. The summed E-state index contributed by atoms with van der Waals surface area (Å²) in [6.45, 7) is 5.58. The van der Waals surface area contributed by atoms with Crippen molar-refractivity contribution in [2.75, 3.05) is 46.4 Å². The molecule has 1 amide bonds. The van der Waals surface area contributed by atoms with Gasteiger partial charge in [-0.3, -0.25) is 19.1 Å². The van der Waals surface area contributed by atoms with Crippen molar-refractivity contribution in [3.05, 3.63) is 107 Å². The molecule has 7 rings (SSSR count). The molecule has 0 saturated carbocycles. The molecule has 1 saturated heterocycles. The number of piperazine rings is 1. The van der Waals surface area contributed by atoms with Gasteiger partial charge in [0.1, 0.15) is 23.7 Å². The number of aromatic amines is 1. The lowest BCUT2D eigenvalue weighted by Gasteiger charge is -2.32. The third-order valence-electron chi connectivity index (χ3n) is 8.63. The Morgan fingerprint density at radius 1 is 1.07 bits per heavy atom. The van der Waals surface area contributed by atoms with E-state index in [0.717, 1.165) is 67.1 Å². The lowest BCUT2D eigenvalue weighted by molar-refractivity contribution is -0.137. The maximum absolute atomic E-state index is 13.6. The molecule has 5 heterocycles. The van der Waals surface area contributed by atoms with E-state index in [0.29, 0.717) is 41.5 Å². The topological polar surface area (TPSA) is 91.1 Å². The average molecular weight is 628 g/mol. The number of hydrogen-bond acceptors (Lipinski definition) is 6. The van der Waals surface area contributed by atoms with Crippen LogP contribution in [0, 0.1) is 0 Å². The second kappa shape index (κ2) is 12.2. The Hall–Kier alpha value is -4.81. The Morgan fingerprint density at radius 3 is 2.67 bits per heavy atom. The molecule has 1 aliphatic carbocycles. The van der Waals surface area contributed by atoms with Gasteiger partial charge in [0.25, 0.3) is 5.91 Å². The van der Waals surface area contributed by atoms with Crippen LogP contribution in [0.3, 0.4) is 0 Å². The van der Waals surface area contributed by atoms with Gasteiger partial charge in [-0.1, -0.05) is 24.3 Å². The smallest absolute Gasteiger partial charge is 0.417 e. The third kappa shape index (κ3) is 6.05. The first-order valence-corrected chi connectivity index (χ1v) is 15.2. The van der Waals surface area contributed by atoms with Crippen molar-refractivity contribution in [1.82, 2.24) is 29.2 Å². The van der Waals surface area contributed by atoms with Crippen molar-refractivity contribution < 1.29 is 22.7 Å². The van der Waals surface area contributed by atoms with Crippen LogP contribution in [-0.2, 0) is 12.6 Å². The lowest BCUT2D eigenvalue weighted by Crippen LogP contribution is -2.45. The molecular formula is C34H32F3N7O2. The van der Waals surface area contributed by atoms with Crippen molar-refractivity contribution in [1.29, 1.82) is 0 Å². The van der Waals surface area contributed by atoms with E-state index in [1.807, 2.05) is 42.5 Å². The Morgan fingerprint density at radius 2 is 1.89 bits per heavy atom. The zero-order valence-corrected chi connectivity index (χ0v) is 25.2. The number of alkyl halides is 3. The number of allylic oxidation sites excluding steroid dienone is 2. The van der Waals surface area contributed by atoms with Crippen LogP contribution in [0.25, 0.3) is 16.6 Å². The number of para-hydroxylation sites is 1. The van der Waals surface area contributed by atoms with E-state index >= 15 is 0 Å². The van der Waals surface area contributed by atoms with Gasteiger partial charge in [0.15, 0.2) is 0 Å². The van der Waals surface area contributed by atoms with Gasteiger partial charge in [0.05, 0.1) is 17.5 Å². The Bertz CT molecular complexity index is 1950. The maximum atomic E-state index is 13.6. The number of nitrogens with zero attached hydrogens (tertiary/aromatic N) is 6. The number of pyridine rings is 2. The molecule has 46 heavy (non-hydrogen) atoms. The fourth-order valence-electron chi connectivity index (χ4n) is 6.05. The largest absolute Gasteiger partial charge is 0.492 e. The highest BCUT2D eigenvalue weighted by Crippen LogP contribution is 2.35. The van der Waals surface area contributed by atoms with E-state index in [4.69, 9.17) is 4.74 Å². The van der Waals surface area contributed by atoms with E-state index in [-0.39, 0.29) is 5.92 Å². The monoisotopic (exact) mass is 627 g/mol. The zero-order chi connectivity index (χ0) is 31.8. The predicted molar refractivity (Wildman–Crippen MR) is 169 cm³/mol. The number of H-pyrrole nitrogens is 1. The minimum absolute atomic E-state index is 0.203. The third-order valence-corrected chi connectivity index (χ3v) is 8.63. The van der Waals surface area contributed by atoms with Crippen molar-refractivity contribution in [3.63, 3.8) is 0 Å². The highest BCUT2D eigenvalue weighted by atomic mass is 19.4. The van der Waals surface area contributed by atoms with Crippen LogP contribution in [0.2, 0.25) is 0 Å². The molecule has 1 fully saturated rings. The van der Waals surface area contributed by atoms with Gasteiger partial charge >= 0.3 is 6.18 Å². The van der Waals surface area contributed by atoms with Crippen LogP contribution in [0.5, 0.6) is 5.75 Å². The molecule has 1 aliphatic heterocycles. The number of benzene rings is 1. The average Bonchev–Trinajstić information content (AvgIpc) is 3.65. The quantitative estimate of drug-likeness (QED) is 0.261. The number of ether oxygens (including phenoxy) is 1. The van der Waals surface area contributed by atoms with Gasteiger partial charge in [0, 0.05) is 91.4 Å². The fraction of sp³-hybridized carbons (Fsp3) is 0.294. The molecule has 0 bridgehead atoms. The normalized spacial score (nSPS) is 18.4. The predicted octanol–water partition coefficient (Wildman–Crippen LogP) is 5.38. The minimum atomic E-state index is -4.44. The number of fused-ring (bicyclic) bond motifs is 4. The van der Waals surface area contributed by atoms with E-state index in [2.05, 4.69) is 36.8 Å². The highest BCUT2D eigenvalue weighted by Gasteiger charge is 2.31. The summed E-state index contributed by atoms with van der Waals surface area (Å²) in [5.74, 6) is 0.0332. The van der Waals surface area contributed by atoms with Gasteiger partial charge in [-0.15, -0.1) is 0 Å². The van der Waals surface area contributed by atoms with Crippen LogP contribution in [0.1, 0.15) is 38.9 Å². The summed E-state index contributed by atoms with van der Waals surface area (Å²) < 4.78 is 46.8. The summed E-state index contributed by atoms with van der Waals surface area (Å²) in [6.07, 6.45) is 3.77. The summed E-state index contributed by atoms with van der Waals surface area (Å²) in [5, 5.41) is 0.898. The Labute approximate surface area is 263 Å². The number of amides is 1. The fourth-order valence-corrected chi connectivity index (χ4v) is 6.05. The number of imidazole rings is 1. The van der Waals surface area contributed by atoms with Crippen LogP contribution >= 0.6 is 0 Å². The van der Waals surface area contributed by atoms with E-state index in [1.54, 1.807) is 16.7 Å². The highest BCUT2D eigenvalue weighted by molar-refractivity contribution is 6.22. The van der Waals surface area contributed by atoms with Gasteiger partial charge < -0.3 is 14.6 Å². The zero-order valence-electron chi connectivity index (χ0n) is 25.2. The number of hydrogen-bond donors (Lipinski definition) is 1. The van der Waals surface area contributed by atoms with Crippen LogP contribution in [0.4, 0.5) is 13.2 Å². The first kappa shape index (κ1) is 29.9. The molecule has 1 atom stereocenters. The first-order valence-electron chi connectivity index (χ1n) is 15.2. The van der Waals surface area contributed by atoms with Gasteiger partial charge in [0.2, 0.25) is 0 Å². The van der Waals surface area contributed by atoms with Gasteiger partial charge in [-0.25, -0.2) is 9.98 Å². The first-order chi connectivity index (χ1) is 22.2. The Kier molecular flexibility index (Phi) is 7.91. The molecule has 2 aliphatic rings. The standard InChI is InChI=1S/C34H32F3N7O2/c1-42-12-14-43(15-13-42)16-17-46-25-10-11-44-29(21-39-30(44)19-25)33(45)41-28-9-6-22(18-24-8-7-23(20-38-24)34(35,36)37)32-31(28)26-4-2-3-5-27(26)40-32/h2-11,19-22,40H,12-18H2,1H3. The molecule has 236 valence electrons. The lowest BCUT2D eigenvalue weighted by atomic mass is 9.88. The number of halogens is 3. The van der Waals surface area contributed by atoms with Crippen molar-refractivity contribution >= 4 is 28.2 Å². The Balaban J connectivity index is 1.11. The summed E-state index contributed by atoms with van der Waals surface area (Å²) in [4.78, 5) is 34.8. The van der Waals surface area contributed by atoms with E-state index in [1.165, 1.54) is 12.3 Å². The molecule has 5 aromatic rings. The summed E-state index contributed by atoms with van der Waals surface area (Å²) in [5.41, 5.74) is 3.62. The van der Waals surface area contributed by atoms with Crippen molar-refractivity contribution in [2.24, 2.45) is 4.99 Å². The van der Waals surface area contributed by atoms with Gasteiger partial charge in [-0.05, 0) is 37.4 Å². The molecule has 1 unspecified atom stereocenters.